The molecule has 0 aromatic rings. The predicted molar refractivity (Wildman–Crippen MR) is 66.9 cm³/mol. The number of hydrogen-bond acceptors (Lipinski definition) is 5. The van der Waals surface area contributed by atoms with Crippen LogP contribution in [0.25, 0.3) is 0 Å². The van der Waals surface area contributed by atoms with Crippen molar-refractivity contribution in [1.29, 1.82) is 0 Å². The SMILES string of the molecule is COCCOCC(O)CN1CCC(C(C)N)C1. The van der Waals surface area contributed by atoms with E-state index in [0.29, 0.717) is 32.3 Å². The first-order valence-corrected chi connectivity index (χ1v) is 6.36. The van der Waals surface area contributed by atoms with Crippen LogP contribution in [0.1, 0.15) is 13.3 Å². The summed E-state index contributed by atoms with van der Waals surface area (Å²) in [5.41, 5.74) is 5.88. The van der Waals surface area contributed by atoms with Gasteiger partial charge in [0, 0.05) is 26.2 Å². The van der Waals surface area contributed by atoms with Gasteiger partial charge >= 0.3 is 0 Å². The van der Waals surface area contributed by atoms with E-state index < -0.39 is 6.10 Å². The van der Waals surface area contributed by atoms with Crippen molar-refractivity contribution in [1.82, 2.24) is 4.90 Å². The number of β-amino-alcohol motifs (C(OH)–C–C–N with tert-alkyl or cyclic N) is 1. The Balaban J connectivity index is 2.08. The minimum atomic E-state index is -0.418. The molecule has 3 N–H and O–H groups in total. The molecule has 0 spiro atoms. The van der Waals surface area contributed by atoms with Gasteiger partial charge in [0.2, 0.25) is 0 Å². The van der Waals surface area contributed by atoms with Crippen LogP contribution in [0.5, 0.6) is 0 Å². The zero-order chi connectivity index (χ0) is 12.7. The lowest BCUT2D eigenvalue weighted by Gasteiger charge is -2.21. The molecule has 0 aromatic heterocycles. The lowest BCUT2D eigenvalue weighted by Crippen LogP contribution is -2.35. The van der Waals surface area contributed by atoms with Gasteiger partial charge in [-0.3, -0.25) is 0 Å². The standard InChI is InChI=1S/C12H26N2O3/c1-10(13)11-3-4-14(7-11)8-12(15)9-17-6-5-16-2/h10-12,15H,3-9,13H2,1-2H3. The van der Waals surface area contributed by atoms with Crippen LogP contribution in [-0.4, -0.2) is 68.7 Å². The van der Waals surface area contributed by atoms with E-state index in [1.807, 2.05) is 0 Å². The third-order valence-corrected chi connectivity index (χ3v) is 3.26. The molecular formula is C12H26N2O3. The maximum Gasteiger partial charge on any atom is 0.0900 e. The first-order valence-electron chi connectivity index (χ1n) is 6.36. The Hall–Kier alpha value is -0.200. The second kappa shape index (κ2) is 8.00. The van der Waals surface area contributed by atoms with E-state index in [9.17, 15) is 5.11 Å². The van der Waals surface area contributed by atoms with Crippen molar-refractivity contribution < 1.29 is 14.6 Å². The number of likely N-dealkylation sites (tertiary alicyclic amines) is 1. The van der Waals surface area contributed by atoms with E-state index >= 15 is 0 Å². The predicted octanol–water partition coefficient (Wildman–Crippen LogP) is -0.321. The Morgan fingerprint density at radius 1 is 1.47 bits per heavy atom. The molecule has 1 heterocycles. The van der Waals surface area contributed by atoms with Gasteiger partial charge in [-0.25, -0.2) is 0 Å². The van der Waals surface area contributed by atoms with Crippen LogP contribution in [0.4, 0.5) is 0 Å². The Morgan fingerprint density at radius 2 is 2.24 bits per heavy atom. The van der Waals surface area contributed by atoms with Crippen LogP contribution in [0.3, 0.4) is 0 Å². The summed E-state index contributed by atoms with van der Waals surface area (Å²) >= 11 is 0. The summed E-state index contributed by atoms with van der Waals surface area (Å²) in [5.74, 6) is 0.566. The van der Waals surface area contributed by atoms with Crippen LogP contribution >= 0.6 is 0 Å². The summed E-state index contributed by atoms with van der Waals surface area (Å²) in [7, 11) is 1.64. The number of ether oxygens (including phenoxy) is 2. The van der Waals surface area contributed by atoms with E-state index in [4.69, 9.17) is 15.2 Å². The fourth-order valence-electron chi connectivity index (χ4n) is 2.17. The number of nitrogens with two attached hydrogens (primary N) is 1. The summed E-state index contributed by atoms with van der Waals surface area (Å²) in [5, 5.41) is 9.80. The van der Waals surface area contributed by atoms with Gasteiger partial charge in [0.05, 0.1) is 25.9 Å². The molecule has 0 saturated carbocycles. The third-order valence-electron chi connectivity index (χ3n) is 3.26. The number of aliphatic hydroxyl groups is 1. The van der Waals surface area contributed by atoms with E-state index in [0.717, 1.165) is 19.5 Å². The summed E-state index contributed by atoms with van der Waals surface area (Å²) in [6.45, 7) is 6.24. The number of nitrogens with zero attached hydrogens (tertiary/aromatic N) is 1. The van der Waals surface area contributed by atoms with Crippen LogP contribution < -0.4 is 5.73 Å². The highest BCUT2D eigenvalue weighted by atomic mass is 16.5. The van der Waals surface area contributed by atoms with Crippen molar-refractivity contribution in [3.8, 4) is 0 Å². The van der Waals surface area contributed by atoms with Gasteiger partial charge in [0.15, 0.2) is 0 Å². The molecule has 0 amide bonds. The minimum absolute atomic E-state index is 0.245. The van der Waals surface area contributed by atoms with Crippen LogP contribution in [-0.2, 0) is 9.47 Å². The molecule has 0 aliphatic carbocycles. The smallest absolute Gasteiger partial charge is 0.0900 e. The minimum Gasteiger partial charge on any atom is -0.389 e. The summed E-state index contributed by atoms with van der Waals surface area (Å²) in [6, 6.07) is 0.245. The molecule has 102 valence electrons. The molecule has 3 atom stereocenters. The van der Waals surface area contributed by atoms with Gasteiger partial charge in [-0.2, -0.15) is 0 Å². The molecule has 5 heteroatoms. The number of aliphatic hydroxyl groups excluding tert-OH is 1. The monoisotopic (exact) mass is 246 g/mol. The fraction of sp³-hybridized carbons (Fsp3) is 1.00. The average molecular weight is 246 g/mol. The number of hydrogen-bond donors (Lipinski definition) is 2. The Morgan fingerprint density at radius 3 is 2.82 bits per heavy atom. The maximum absolute atomic E-state index is 9.80. The van der Waals surface area contributed by atoms with Crippen molar-refractivity contribution in [3.63, 3.8) is 0 Å². The van der Waals surface area contributed by atoms with Gasteiger partial charge in [-0.15, -0.1) is 0 Å². The number of methoxy groups -OCH3 is 1. The van der Waals surface area contributed by atoms with E-state index in [-0.39, 0.29) is 6.04 Å². The van der Waals surface area contributed by atoms with Crippen LogP contribution in [0.2, 0.25) is 0 Å². The summed E-state index contributed by atoms with van der Waals surface area (Å²) < 4.78 is 10.2. The molecule has 1 fully saturated rings. The molecule has 0 radical (unpaired) electrons. The molecule has 1 aliphatic heterocycles. The highest BCUT2D eigenvalue weighted by Gasteiger charge is 2.26. The van der Waals surface area contributed by atoms with Crippen molar-refractivity contribution >= 4 is 0 Å². The molecule has 3 unspecified atom stereocenters. The summed E-state index contributed by atoms with van der Waals surface area (Å²) in [6.07, 6.45) is 0.716. The Bertz CT molecular complexity index is 202. The van der Waals surface area contributed by atoms with E-state index in [1.165, 1.54) is 0 Å². The first-order chi connectivity index (χ1) is 8.13. The van der Waals surface area contributed by atoms with Crippen molar-refractivity contribution in [2.75, 3.05) is 46.6 Å². The second-order valence-corrected chi connectivity index (χ2v) is 4.89. The molecule has 1 aliphatic rings. The topological polar surface area (TPSA) is 68.0 Å². The maximum atomic E-state index is 9.80. The average Bonchev–Trinajstić information content (AvgIpc) is 2.73. The Labute approximate surface area is 104 Å². The van der Waals surface area contributed by atoms with Gasteiger partial charge in [0.25, 0.3) is 0 Å². The normalized spacial score (nSPS) is 25.1. The lowest BCUT2D eigenvalue weighted by atomic mass is 10.0. The summed E-state index contributed by atoms with van der Waals surface area (Å²) in [4.78, 5) is 2.26. The van der Waals surface area contributed by atoms with Gasteiger partial charge < -0.3 is 25.2 Å². The number of rotatable bonds is 8. The molecular weight excluding hydrogens is 220 g/mol. The molecule has 1 rings (SSSR count). The molecule has 0 aromatic carbocycles. The molecule has 1 saturated heterocycles. The van der Waals surface area contributed by atoms with E-state index in [1.54, 1.807) is 7.11 Å². The van der Waals surface area contributed by atoms with Gasteiger partial charge in [-0.1, -0.05) is 0 Å². The van der Waals surface area contributed by atoms with Crippen LogP contribution in [0.15, 0.2) is 0 Å². The quantitative estimate of drug-likeness (QED) is 0.575. The van der Waals surface area contributed by atoms with Crippen LogP contribution in [0, 0.1) is 5.92 Å². The van der Waals surface area contributed by atoms with Crippen molar-refractivity contribution in [3.05, 3.63) is 0 Å². The molecule has 5 nitrogen and oxygen atoms in total. The largest absolute Gasteiger partial charge is 0.389 e. The van der Waals surface area contributed by atoms with Crippen molar-refractivity contribution in [2.24, 2.45) is 11.7 Å². The fourth-order valence-corrected chi connectivity index (χ4v) is 2.17. The third kappa shape index (κ3) is 5.79. The lowest BCUT2D eigenvalue weighted by molar-refractivity contribution is 0.00168. The van der Waals surface area contributed by atoms with Gasteiger partial charge in [-0.05, 0) is 25.8 Å². The highest BCUT2D eigenvalue weighted by Crippen LogP contribution is 2.18. The van der Waals surface area contributed by atoms with Crippen molar-refractivity contribution in [2.45, 2.75) is 25.5 Å². The first kappa shape index (κ1) is 14.9. The molecule has 0 bridgehead atoms. The highest BCUT2D eigenvalue weighted by molar-refractivity contribution is 4.81. The molecule has 17 heavy (non-hydrogen) atoms. The Kier molecular flexibility index (Phi) is 6.99. The van der Waals surface area contributed by atoms with E-state index in [2.05, 4.69) is 11.8 Å². The zero-order valence-corrected chi connectivity index (χ0v) is 11.0. The zero-order valence-electron chi connectivity index (χ0n) is 11.0. The second-order valence-electron chi connectivity index (χ2n) is 4.89. The van der Waals surface area contributed by atoms with Gasteiger partial charge in [0.1, 0.15) is 0 Å².